The predicted molar refractivity (Wildman–Crippen MR) is 116 cm³/mol. The van der Waals surface area contributed by atoms with Crippen LogP contribution in [0, 0.1) is 6.92 Å². The fraction of sp³-hybridized carbons (Fsp3) is 0.579. The Morgan fingerprint density at radius 2 is 2.12 bits per heavy atom. The van der Waals surface area contributed by atoms with Crippen LogP contribution >= 0.6 is 24.0 Å². The van der Waals surface area contributed by atoms with E-state index in [0.29, 0.717) is 0 Å². The second-order valence-corrected chi connectivity index (χ2v) is 7.47. The number of nitrogens with zero attached hydrogens (tertiary/aromatic N) is 2. The fourth-order valence-electron chi connectivity index (χ4n) is 2.88. The molecule has 0 aliphatic carbocycles. The van der Waals surface area contributed by atoms with Gasteiger partial charge in [0.15, 0.2) is 5.96 Å². The van der Waals surface area contributed by atoms with Crippen LogP contribution in [0.1, 0.15) is 38.3 Å². The van der Waals surface area contributed by atoms with Crippen molar-refractivity contribution in [2.45, 2.75) is 52.3 Å². The number of hydrogen-bond acceptors (Lipinski definition) is 3. The molecule has 1 aliphatic rings. The van der Waals surface area contributed by atoms with Gasteiger partial charge in [-0.2, -0.15) is 0 Å². The van der Waals surface area contributed by atoms with E-state index in [4.69, 9.17) is 4.74 Å². The third-order valence-corrected chi connectivity index (χ3v) is 3.95. The van der Waals surface area contributed by atoms with E-state index in [9.17, 15) is 4.79 Å². The molecule has 1 saturated heterocycles. The molecular formula is C19H31IN4O2. The van der Waals surface area contributed by atoms with E-state index in [0.717, 1.165) is 32.0 Å². The van der Waals surface area contributed by atoms with Gasteiger partial charge in [-0.25, -0.2) is 4.79 Å². The molecule has 0 spiro atoms. The van der Waals surface area contributed by atoms with Gasteiger partial charge < -0.3 is 20.3 Å². The van der Waals surface area contributed by atoms with E-state index in [1.165, 1.54) is 11.1 Å². The standard InChI is InChI=1S/C19H30N4O2.HI/c1-14-7-6-8-15(11-14)12-21-17(20-5)23-10-9-16(13-23)22-18(24)25-19(2,3)4;/h6-8,11,16H,9-10,12-13H2,1-5H3,(H,20,21)(H,22,24);1H. The lowest BCUT2D eigenvalue weighted by atomic mass is 10.1. The third-order valence-electron chi connectivity index (χ3n) is 3.95. The lowest BCUT2D eigenvalue weighted by Gasteiger charge is -2.23. The van der Waals surface area contributed by atoms with Crippen LogP contribution in [-0.4, -0.2) is 48.7 Å². The Labute approximate surface area is 173 Å². The summed E-state index contributed by atoms with van der Waals surface area (Å²) >= 11 is 0. The van der Waals surface area contributed by atoms with Crippen molar-refractivity contribution in [2.75, 3.05) is 20.1 Å². The minimum atomic E-state index is -0.478. The van der Waals surface area contributed by atoms with Gasteiger partial charge in [0.2, 0.25) is 0 Å². The zero-order valence-corrected chi connectivity index (χ0v) is 18.7. The highest BCUT2D eigenvalue weighted by Crippen LogP contribution is 2.12. The number of carbonyl (C=O) groups excluding carboxylic acids is 1. The molecule has 0 radical (unpaired) electrons. The summed E-state index contributed by atoms with van der Waals surface area (Å²) in [5.74, 6) is 0.856. The fourth-order valence-corrected chi connectivity index (χ4v) is 2.88. The van der Waals surface area contributed by atoms with Crippen molar-refractivity contribution in [1.29, 1.82) is 0 Å². The van der Waals surface area contributed by atoms with E-state index >= 15 is 0 Å². The van der Waals surface area contributed by atoms with Crippen molar-refractivity contribution in [1.82, 2.24) is 15.5 Å². The van der Waals surface area contributed by atoms with Crippen molar-refractivity contribution in [2.24, 2.45) is 4.99 Å². The number of amides is 1. The monoisotopic (exact) mass is 474 g/mol. The third kappa shape index (κ3) is 7.39. The molecular weight excluding hydrogens is 443 g/mol. The number of nitrogens with one attached hydrogen (secondary N) is 2. The molecule has 1 unspecified atom stereocenters. The molecule has 1 fully saturated rings. The minimum absolute atomic E-state index is 0. The number of halogens is 1. The van der Waals surface area contributed by atoms with Gasteiger partial charge in [-0.1, -0.05) is 29.8 Å². The lowest BCUT2D eigenvalue weighted by molar-refractivity contribution is 0.0507. The summed E-state index contributed by atoms with van der Waals surface area (Å²) in [6.07, 6.45) is 0.520. The first-order valence-electron chi connectivity index (χ1n) is 8.77. The summed E-state index contributed by atoms with van der Waals surface area (Å²) in [5.41, 5.74) is 1.99. The van der Waals surface area contributed by atoms with E-state index < -0.39 is 5.60 Å². The predicted octanol–water partition coefficient (Wildman–Crippen LogP) is 3.29. The number of ether oxygens (including phenoxy) is 1. The van der Waals surface area contributed by atoms with Crippen LogP contribution in [0.3, 0.4) is 0 Å². The van der Waals surface area contributed by atoms with Crippen LogP contribution in [0.5, 0.6) is 0 Å². The van der Waals surface area contributed by atoms with Crippen molar-refractivity contribution < 1.29 is 9.53 Å². The molecule has 1 aromatic rings. The number of aryl methyl sites for hydroxylation is 1. The Morgan fingerprint density at radius 3 is 2.73 bits per heavy atom. The Morgan fingerprint density at radius 1 is 1.38 bits per heavy atom. The van der Waals surface area contributed by atoms with Crippen LogP contribution in [0.15, 0.2) is 29.3 Å². The molecule has 2 rings (SSSR count). The van der Waals surface area contributed by atoms with Gasteiger partial charge in [-0.05, 0) is 39.7 Å². The van der Waals surface area contributed by atoms with Gasteiger partial charge in [-0.3, -0.25) is 4.99 Å². The second-order valence-electron chi connectivity index (χ2n) is 7.47. The zero-order chi connectivity index (χ0) is 18.4. The van der Waals surface area contributed by atoms with Crippen LogP contribution < -0.4 is 10.6 Å². The number of guanidine groups is 1. The van der Waals surface area contributed by atoms with Crippen molar-refractivity contribution in [3.05, 3.63) is 35.4 Å². The van der Waals surface area contributed by atoms with Gasteiger partial charge in [0.25, 0.3) is 0 Å². The number of rotatable bonds is 3. The van der Waals surface area contributed by atoms with Gasteiger partial charge in [0, 0.05) is 26.7 Å². The minimum Gasteiger partial charge on any atom is -0.444 e. The van der Waals surface area contributed by atoms with E-state index in [2.05, 4.69) is 51.7 Å². The molecule has 6 nitrogen and oxygen atoms in total. The Hall–Kier alpha value is -1.51. The average molecular weight is 474 g/mol. The quantitative estimate of drug-likeness (QED) is 0.401. The number of hydrogen-bond donors (Lipinski definition) is 2. The summed E-state index contributed by atoms with van der Waals surface area (Å²) in [6.45, 7) is 10.0. The van der Waals surface area contributed by atoms with E-state index in [-0.39, 0.29) is 36.1 Å². The van der Waals surface area contributed by atoms with Gasteiger partial charge in [0.1, 0.15) is 5.60 Å². The van der Waals surface area contributed by atoms with E-state index in [1.807, 2.05) is 20.8 Å². The average Bonchev–Trinajstić information content (AvgIpc) is 2.94. The maximum atomic E-state index is 11.9. The SMILES string of the molecule is CN=C(NCc1cccc(C)c1)N1CCC(NC(=O)OC(C)(C)C)C1.I. The molecule has 0 aromatic heterocycles. The molecule has 1 heterocycles. The number of aliphatic imine (C=N–C) groups is 1. The summed E-state index contributed by atoms with van der Waals surface area (Å²) in [6, 6.07) is 8.49. The largest absolute Gasteiger partial charge is 0.444 e. The van der Waals surface area contributed by atoms with Crippen LogP contribution in [0.4, 0.5) is 4.79 Å². The van der Waals surface area contributed by atoms with Crippen molar-refractivity contribution >= 4 is 36.0 Å². The van der Waals surface area contributed by atoms with Crippen LogP contribution in [0.25, 0.3) is 0 Å². The highest BCUT2D eigenvalue weighted by atomic mass is 127. The molecule has 0 saturated carbocycles. The molecule has 0 bridgehead atoms. The number of alkyl carbamates (subject to hydrolysis) is 1. The Kier molecular flexibility index (Phi) is 8.66. The first-order valence-corrected chi connectivity index (χ1v) is 8.77. The van der Waals surface area contributed by atoms with Gasteiger partial charge >= 0.3 is 6.09 Å². The topological polar surface area (TPSA) is 66.0 Å². The van der Waals surface area contributed by atoms with Crippen molar-refractivity contribution in [3.8, 4) is 0 Å². The highest BCUT2D eigenvalue weighted by Gasteiger charge is 2.27. The summed E-state index contributed by atoms with van der Waals surface area (Å²) in [5, 5.41) is 6.34. The van der Waals surface area contributed by atoms with E-state index in [1.54, 1.807) is 7.05 Å². The van der Waals surface area contributed by atoms with Gasteiger partial charge in [-0.15, -0.1) is 24.0 Å². The Balaban J connectivity index is 0.00000338. The molecule has 146 valence electrons. The molecule has 26 heavy (non-hydrogen) atoms. The Bertz CT molecular complexity index is 628. The summed E-state index contributed by atoms with van der Waals surface area (Å²) < 4.78 is 5.32. The second kappa shape index (κ2) is 9.99. The number of likely N-dealkylation sites (tertiary alicyclic amines) is 1. The van der Waals surface area contributed by atoms with Crippen molar-refractivity contribution in [3.63, 3.8) is 0 Å². The molecule has 1 aromatic carbocycles. The molecule has 1 atom stereocenters. The van der Waals surface area contributed by atoms with Crippen LogP contribution in [0.2, 0.25) is 0 Å². The number of benzene rings is 1. The zero-order valence-electron chi connectivity index (χ0n) is 16.3. The molecule has 1 amide bonds. The molecule has 2 N–H and O–H groups in total. The summed E-state index contributed by atoms with van der Waals surface area (Å²) in [4.78, 5) is 18.4. The first kappa shape index (κ1) is 22.5. The molecule has 7 heteroatoms. The number of carbonyl (C=O) groups is 1. The lowest BCUT2D eigenvalue weighted by Crippen LogP contribution is -2.44. The first-order chi connectivity index (χ1) is 11.8. The summed E-state index contributed by atoms with van der Waals surface area (Å²) in [7, 11) is 1.78. The maximum Gasteiger partial charge on any atom is 0.407 e. The molecule has 1 aliphatic heterocycles. The maximum absolute atomic E-state index is 11.9. The highest BCUT2D eigenvalue weighted by molar-refractivity contribution is 14.0. The normalized spacial score (nSPS) is 17.5. The smallest absolute Gasteiger partial charge is 0.407 e. The van der Waals surface area contributed by atoms with Crippen LogP contribution in [-0.2, 0) is 11.3 Å². The van der Waals surface area contributed by atoms with Gasteiger partial charge in [0.05, 0.1) is 6.04 Å².